The maximum Gasteiger partial charge on any atom is 0.472 e. The van der Waals surface area contributed by atoms with Crippen molar-refractivity contribution < 1.29 is 52.2 Å². The predicted molar refractivity (Wildman–Crippen MR) is 315 cm³/mol. The summed E-state index contributed by atoms with van der Waals surface area (Å²) in [6, 6.07) is 0. The highest BCUT2D eigenvalue weighted by molar-refractivity contribution is 7.47. The average Bonchev–Trinajstić information content (AvgIpc) is 3.41. The van der Waals surface area contributed by atoms with Crippen LogP contribution in [0.1, 0.15) is 188 Å². The summed E-state index contributed by atoms with van der Waals surface area (Å²) in [5.74, 6) is -1.67. The summed E-state index contributed by atoms with van der Waals surface area (Å²) in [7, 11) is -4.80. The lowest BCUT2D eigenvalue weighted by atomic mass is 10.1. The Morgan fingerprint density at radius 3 is 1.17 bits per heavy atom. The molecule has 0 aliphatic heterocycles. The SMILES string of the molecule is CC/C=C\C/C=C\C/C=C\C/C=C\C/C=C\C/C=C\CCC(=O)OC(COC(=O)CCCCCCC/C=C\C/C=C\CCC)COP(=O)(O)OCC(CO)OC(=O)CCC/C=C\C/C=C\C/C=C\C/C=C\C/C=C\CC. The van der Waals surface area contributed by atoms with Gasteiger partial charge in [0.1, 0.15) is 12.7 Å². The molecule has 0 saturated heterocycles. The normalized spacial score (nSPS) is 14.5. The van der Waals surface area contributed by atoms with Gasteiger partial charge in [-0.25, -0.2) is 4.57 Å². The summed E-state index contributed by atoms with van der Waals surface area (Å²) < 4.78 is 39.3. The molecule has 0 saturated carbocycles. The number of phosphoric ester groups is 1. The topological polar surface area (TPSA) is 155 Å². The molecule has 0 amide bonds. The molecule has 0 aromatic rings. The molecule has 2 N–H and O–H groups in total. The molecule has 3 unspecified atom stereocenters. The Hall–Kier alpha value is -4.90. The third-order valence-electron chi connectivity index (χ3n) is 10.9. The summed E-state index contributed by atoms with van der Waals surface area (Å²) in [4.78, 5) is 48.5. The predicted octanol–water partition coefficient (Wildman–Crippen LogP) is 16.9. The van der Waals surface area contributed by atoms with E-state index < -0.39 is 57.8 Å². The smallest absolute Gasteiger partial charge is 0.462 e. The van der Waals surface area contributed by atoms with Crippen LogP contribution in [0.25, 0.3) is 0 Å². The molecule has 0 fully saturated rings. The van der Waals surface area contributed by atoms with Gasteiger partial charge in [0.25, 0.3) is 0 Å². The molecule has 0 aromatic heterocycles. The molecule has 0 aliphatic carbocycles. The largest absolute Gasteiger partial charge is 0.472 e. The molecule has 426 valence electrons. The molecule has 76 heavy (non-hydrogen) atoms. The highest BCUT2D eigenvalue weighted by Gasteiger charge is 2.28. The van der Waals surface area contributed by atoms with E-state index in [4.69, 9.17) is 23.3 Å². The second-order valence-corrected chi connectivity index (χ2v) is 19.4. The second-order valence-electron chi connectivity index (χ2n) is 18.0. The van der Waals surface area contributed by atoms with Crippen LogP contribution >= 0.6 is 7.82 Å². The minimum Gasteiger partial charge on any atom is -0.462 e. The van der Waals surface area contributed by atoms with E-state index in [0.717, 1.165) is 116 Å². The molecular formula is C64H99O11P. The number of allylic oxidation sites excluding steroid dienone is 26. The van der Waals surface area contributed by atoms with Crippen molar-refractivity contribution in [2.75, 3.05) is 26.4 Å². The highest BCUT2D eigenvalue weighted by Crippen LogP contribution is 2.43. The van der Waals surface area contributed by atoms with Crippen LogP contribution in [0.2, 0.25) is 0 Å². The van der Waals surface area contributed by atoms with Crippen molar-refractivity contribution in [1.82, 2.24) is 0 Å². The third-order valence-corrected chi connectivity index (χ3v) is 11.9. The van der Waals surface area contributed by atoms with Crippen LogP contribution in [0.4, 0.5) is 0 Å². The lowest BCUT2D eigenvalue weighted by Crippen LogP contribution is -2.30. The number of phosphoric acid groups is 1. The average molecular weight is 1080 g/mol. The van der Waals surface area contributed by atoms with Crippen molar-refractivity contribution in [2.24, 2.45) is 0 Å². The Morgan fingerprint density at radius 1 is 0.382 bits per heavy atom. The van der Waals surface area contributed by atoms with Gasteiger partial charge in [0, 0.05) is 19.3 Å². The van der Waals surface area contributed by atoms with Crippen LogP contribution in [-0.4, -0.2) is 66.5 Å². The van der Waals surface area contributed by atoms with Crippen LogP contribution in [-0.2, 0) is 42.2 Å². The lowest BCUT2D eigenvalue weighted by molar-refractivity contribution is -0.161. The van der Waals surface area contributed by atoms with Gasteiger partial charge in [-0.3, -0.25) is 23.4 Å². The van der Waals surface area contributed by atoms with Gasteiger partial charge in [0.15, 0.2) is 6.10 Å². The van der Waals surface area contributed by atoms with Gasteiger partial charge in [0.05, 0.1) is 19.8 Å². The fourth-order valence-electron chi connectivity index (χ4n) is 6.69. The van der Waals surface area contributed by atoms with Crippen molar-refractivity contribution in [1.29, 1.82) is 0 Å². The molecular weight excluding hydrogens is 976 g/mol. The van der Waals surface area contributed by atoms with E-state index in [0.29, 0.717) is 32.1 Å². The number of rotatable bonds is 50. The van der Waals surface area contributed by atoms with Crippen molar-refractivity contribution in [2.45, 2.75) is 200 Å². The van der Waals surface area contributed by atoms with Crippen molar-refractivity contribution in [3.63, 3.8) is 0 Å². The number of carbonyl (C=O) groups excluding carboxylic acids is 3. The number of aliphatic hydroxyl groups is 1. The fourth-order valence-corrected chi connectivity index (χ4v) is 7.47. The number of unbranched alkanes of at least 4 members (excludes halogenated alkanes) is 7. The molecule has 0 aromatic carbocycles. The minimum atomic E-state index is -4.80. The van der Waals surface area contributed by atoms with Crippen LogP contribution in [0, 0.1) is 0 Å². The monoisotopic (exact) mass is 1070 g/mol. The second kappa shape index (κ2) is 56.3. The van der Waals surface area contributed by atoms with Gasteiger partial charge >= 0.3 is 25.7 Å². The van der Waals surface area contributed by atoms with Crippen molar-refractivity contribution >= 4 is 25.7 Å². The first-order valence-corrected chi connectivity index (χ1v) is 29.9. The van der Waals surface area contributed by atoms with E-state index in [1.54, 1.807) is 0 Å². The third kappa shape index (κ3) is 53.9. The zero-order valence-electron chi connectivity index (χ0n) is 46.9. The van der Waals surface area contributed by atoms with Crippen molar-refractivity contribution in [3.8, 4) is 0 Å². The van der Waals surface area contributed by atoms with E-state index in [9.17, 15) is 28.9 Å². The molecule has 0 bridgehead atoms. The Kier molecular flexibility index (Phi) is 52.7. The molecule has 11 nitrogen and oxygen atoms in total. The Morgan fingerprint density at radius 2 is 0.724 bits per heavy atom. The summed E-state index contributed by atoms with van der Waals surface area (Å²) in [5, 5.41) is 9.81. The summed E-state index contributed by atoms with van der Waals surface area (Å²) >= 11 is 0. The quantitative estimate of drug-likeness (QED) is 0.0197. The van der Waals surface area contributed by atoms with E-state index in [-0.39, 0.29) is 25.9 Å². The van der Waals surface area contributed by atoms with Crippen LogP contribution in [0.15, 0.2) is 158 Å². The van der Waals surface area contributed by atoms with E-state index in [2.05, 4.69) is 154 Å². The molecule has 0 heterocycles. The van der Waals surface area contributed by atoms with Gasteiger partial charge < -0.3 is 24.2 Å². The zero-order valence-corrected chi connectivity index (χ0v) is 47.8. The van der Waals surface area contributed by atoms with Crippen LogP contribution < -0.4 is 0 Å². The zero-order chi connectivity index (χ0) is 55.5. The van der Waals surface area contributed by atoms with Gasteiger partial charge in [-0.2, -0.15) is 0 Å². The number of hydrogen-bond acceptors (Lipinski definition) is 10. The fraction of sp³-hybridized carbons (Fsp3) is 0.547. The van der Waals surface area contributed by atoms with Gasteiger partial charge in [-0.1, -0.05) is 204 Å². The maximum atomic E-state index is 12.9. The molecule has 0 aliphatic rings. The Bertz CT molecular complexity index is 1880. The molecule has 0 spiro atoms. The number of hydrogen-bond donors (Lipinski definition) is 2. The first kappa shape index (κ1) is 71.1. The van der Waals surface area contributed by atoms with Gasteiger partial charge in [-0.15, -0.1) is 0 Å². The number of ether oxygens (including phenoxy) is 3. The van der Waals surface area contributed by atoms with Gasteiger partial charge in [0.2, 0.25) is 0 Å². The summed E-state index contributed by atoms with van der Waals surface area (Å²) in [6.07, 6.45) is 73.7. The molecule has 3 atom stereocenters. The maximum absolute atomic E-state index is 12.9. The number of carbonyl (C=O) groups is 3. The van der Waals surface area contributed by atoms with E-state index in [1.165, 1.54) is 0 Å². The van der Waals surface area contributed by atoms with Gasteiger partial charge in [-0.05, 0) is 122 Å². The molecule has 12 heteroatoms. The van der Waals surface area contributed by atoms with Crippen LogP contribution in [0.3, 0.4) is 0 Å². The lowest BCUT2D eigenvalue weighted by Gasteiger charge is -2.21. The molecule has 0 rings (SSSR count). The van der Waals surface area contributed by atoms with Crippen molar-refractivity contribution in [3.05, 3.63) is 158 Å². The van der Waals surface area contributed by atoms with E-state index >= 15 is 0 Å². The standard InChI is InChI=1S/C64H99O11P/c1-4-7-10-13-16-19-22-25-27-29-30-32-34-37-40-43-46-49-52-55-64(68)75-61(57-71-62(66)53-50-47-44-41-38-35-24-21-18-15-12-9-6-3)59-73-76(69,70)72-58-60(56-65)74-63(67)54-51-48-45-42-39-36-33-31-28-26-23-20-17-14-11-8-5-2/h7-8,10-12,15-17,19-21,24-28,30,32-33,36-37,40,42,45-46,49,60-61,65H,4-6,9,13-14,18,22-23,29,31,34-35,38-39,41,43-44,47-48,50-59H2,1-3H3,(H,69,70)/b10-7-,11-8-,15-12-,19-16-,20-17-,24-21-,27-25-,28-26-,32-30-,36-33-,40-37-,45-42-,49-46-. The minimum absolute atomic E-state index is 0.0254. The summed E-state index contributed by atoms with van der Waals surface area (Å²) in [5.41, 5.74) is 0. The first-order chi connectivity index (χ1) is 37.2. The number of aliphatic hydroxyl groups excluding tert-OH is 1. The van der Waals surface area contributed by atoms with Crippen LogP contribution in [0.5, 0.6) is 0 Å². The Balaban J connectivity index is 4.92. The first-order valence-electron chi connectivity index (χ1n) is 28.4. The summed E-state index contributed by atoms with van der Waals surface area (Å²) in [6.45, 7) is 4.15. The highest BCUT2D eigenvalue weighted by atomic mass is 31.2. The Labute approximate surface area is 460 Å². The number of esters is 3. The molecule has 0 radical (unpaired) electrons. The van der Waals surface area contributed by atoms with E-state index in [1.807, 2.05) is 24.3 Å².